The molecule has 27 heavy (non-hydrogen) atoms. The van der Waals surface area contributed by atoms with Crippen molar-refractivity contribution in [2.75, 3.05) is 25.2 Å². The van der Waals surface area contributed by atoms with Crippen LogP contribution in [0, 0.1) is 0 Å². The van der Waals surface area contributed by atoms with Crippen molar-refractivity contribution in [3.63, 3.8) is 0 Å². The first-order valence-corrected chi connectivity index (χ1v) is 10.2. The van der Waals surface area contributed by atoms with Gasteiger partial charge >= 0.3 is 0 Å². The molecule has 0 heterocycles. The number of nitrogens with one attached hydrogen (secondary N) is 2. The molecule has 2 N–H and O–H groups in total. The summed E-state index contributed by atoms with van der Waals surface area (Å²) >= 11 is 6.15. The van der Waals surface area contributed by atoms with Crippen molar-refractivity contribution in [1.29, 1.82) is 0 Å². The van der Waals surface area contributed by atoms with Crippen molar-refractivity contribution in [1.82, 2.24) is 5.32 Å². The van der Waals surface area contributed by atoms with Gasteiger partial charge < -0.3 is 14.8 Å². The Bertz CT molecular complexity index is 947. The fourth-order valence-corrected chi connectivity index (χ4v) is 3.33. The minimum atomic E-state index is -3.43. The minimum Gasteiger partial charge on any atom is -0.497 e. The molecular formula is C18H21ClN2O5S. The summed E-state index contributed by atoms with van der Waals surface area (Å²) in [5.74, 6) is 0.854. The molecule has 1 atom stereocenters. The van der Waals surface area contributed by atoms with E-state index in [9.17, 15) is 13.2 Å². The molecule has 0 aromatic heterocycles. The van der Waals surface area contributed by atoms with E-state index in [1.54, 1.807) is 32.4 Å². The summed E-state index contributed by atoms with van der Waals surface area (Å²) in [5, 5.41) is 2.98. The maximum Gasteiger partial charge on any atom is 0.253 e. The summed E-state index contributed by atoms with van der Waals surface area (Å²) in [6, 6.07) is 9.24. The van der Waals surface area contributed by atoms with Gasteiger partial charge in [-0.2, -0.15) is 0 Å². The molecule has 2 rings (SSSR count). The van der Waals surface area contributed by atoms with E-state index < -0.39 is 15.9 Å². The predicted octanol–water partition coefficient (Wildman–Crippen LogP) is 3.22. The third-order valence-electron chi connectivity index (χ3n) is 3.77. The van der Waals surface area contributed by atoms with E-state index in [2.05, 4.69) is 10.0 Å². The lowest BCUT2D eigenvalue weighted by molar-refractivity contribution is 0.0939. The van der Waals surface area contributed by atoms with Crippen LogP contribution >= 0.6 is 11.6 Å². The molecule has 2 aromatic carbocycles. The zero-order valence-electron chi connectivity index (χ0n) is 15.4. The van der Waals surface area contributed by atoms with E-state index in [0.29, 0.717) is 11.5 Å². The lowest BCUT2D eigenvalue weighted by Gasteiger charge is -2.19. The Labute approximate surface area is 163 Å². The highest BCUT2D eigenvalue weighted by Crippen LogP contribution is 2.30. The Morgan fingerprint density at radius 3 is 2.37 bits per heavy atom. The van der Waals surface area contributed by atoms with Gasteiger partial charge in [-0.15, -0.1) is 0 Å². The van der Waals surface area contributed by atoms with Crippen LogP contribution in [0.4, 0.5) is 5.69 Å². The number of hydrogen-bond acceptors (Lipinski definition) is 5. The van der Waals surface area contributed by atoms with Gasteiger partial charge in [0.25, 0.3) is 5.91 Å². The summed E-state index contributed by atoms with van der Waals surface area (Å²) in [6.07, 6.45) is 1.03. The molecule has 0 radical (unpaired) electrons. The van der Waals surface area contributed by atoms with Crippen LogP contribution in [0.5, 0.6) is 11.5 Å². The summed E-state index contributed by atoms with van der Waals surface area (Å²) in [6.45, 7) is 1.81. The smallest absolute Gasteiger partial charge is 0.253 e. The van der Waals surface area contributed by atoms with Gasteiger partial charge in [0.15, 0.2) is 0 Å². The Balaban J connectivity index is 2.22. The van der Waals surface area contributed by atoms with Crippen molar-refractivity contribution < 1.29 is 22.7 Å². The zero-order valence-corrected chi connectivity index (χ0v) is 16.9. The summed E-state index contributed by atoms with van der Waals surface area (Å²) in [5.41, 5.74) is 1.25. The Morgan fingerprint density at radius 1 is 1.11 bits per heavy atom. The van der Waals surface area contributed by atoms with Gasteiger partial charge in [-0.1, -0.05) is 11.6 Å². The third-order valence-corrected chi connectivity index (χ3v) is 4.69. The summed E-state index contributed by atoms with van der Waals surface area (Å²) < 4.78 is 35.5. The summed E-state index contributed by atoms with van der Waals surface area (Å²) in [7, 11) is -0.329. The van der Waals surface area contributed by atoms with Crippen LogP contribution in [-0.2, 0) is 10.0 Å². The van der Waals surface area contributed by atoms with Gasteiger partial charge in [0.2, 0.25) is 10.0 Å². The third kappa shape index (κ3) is 5.51. The molecule has 0 saturated heterocycles. The fraction of sp³-hybridized carbons (Fsp3) is 0.278. The molecule has 146 valence electrons. The van der Waals surface area contributed by atoms with Gasteiger partial charge in [0.05, 0.1) is 37.1 Å². The van der Waals surface area contributed by atoms with Crippen LogP contribution < -0.4 is 19.5 Å². The number of ether oxygens (including phenoxy) is 2. The zero-order chi connectivity index (χ0) is 20.2. The second-order valence-corrected chi connectivity index (χ2v) is 8.03. The number of rotatable bonds is 7. The van der Waals surface area contributed by atoms with Crippen molar-refractivity contribution in [3.8, 4) is 11.5 Å². The van der Waals surface area contributed by atoms with Crippen molar-refractivity contribution in [2.45, 2.75) is 13.0 Å². The molecule has 0 bridgehead atoms. The fourth-order valence-electron chi connectivity index (χ4n) is 2.51. The van der Waals surface area contributed by atoms with E-state index in [4.69, 9.17) is 21.1 Å². The molecule has 0 fully saturated rings. The van der Waals surface area contributed by atoms with Crippen LogP contribution in [0.2, 0.25) is 5.02 Å². The molecule has 0 spiro atoms. The van der Waals surface area contributed by atoms with Gasteiger partial charge in [0, 0.05) is 11.3 Å². The highest BCUT2D eigenvalue weighted by atomic mass is 35.5. The number of amides is 1. The predicted molar refractivity (Wildman–Crippen MR) is 105 cm³/mol. The minimum absolute atomic E-state index is 0.131. The number of halogens is 1. The first-order valence-electron chi connectivity index (χ1n) is 7.94. The van der Waals surface area contributed by atoms with E-state index in [-0.39, 0.29) is 22.3 Å². The SMILES string of the molecule is COc1ccc(OC)c([C@@H](C)NC(=O)c2ccc(NS(C)(=O)=O)cc2Cl)c1. The van der Waals surface area contributed by atoms with E-state index in [1.165, 1.54) is 18.2 Å². The van der Waals surface area contributed by atoms with E-state index >= 15 is 0 Å². The molecule has 1 amide bonds. The number of anilines is 1. The Kier molecular flexibility index (Phi) is 6.56. The standard InChI is InChI=1S/C18H21ClN2O5S/c1-11(15-10-13(25-2)6-8-17(15)26-3)20-18(22)14-7-5-12(9-16(14)19)21-27(4,23)24/h5-11,21H,1-4H3,(H,20,22)/t11-/m1/s1. The van der Waals surface area contributed by atoms with Gasteiger partial charge in [-0.25, -0.2) is 8.42 Å². The number of sulfonamides is 1. The summed E-state index contributed by atoms with van der Waals surface area (Å²) in [4.78, 5) is 12.6. The quantitative estimate of drug-likeness (QED) is 0.728. The second-order valence-electron chi connectivity index (χ2n) is 5.87. The topological polar surface area (TPSA) is 93.7 Å². The van der Waals surface area contributed by atoms with Crippen LogP contribution in [0.25, 0.3) is 0 Å². The lowest BCUT2D eigenvalue weighted by atomic mass is 10.1. The maximum absolute atomic E-state index is 12.6. The van der Waals surface area contributed by atoms with E-state index in [1.807, 2.05) is 6.92 Å². The molecular weight excluding hydrogens is 392 g/mol. The molecule has 0 unspecified atom stereocenters. The van der Waals surface area contributed by atoms with Crippen molar-refractivity contribution in [3.05, 3.63) is 52.5 Å². The normalized spacial score (nSPS) is 12.2. The van der Waals surface area contributed by atoms with E-state index in [0.717, 1.165) is 11.8 Å². The number of carbonyl (C=O) groups is 1. The lowest BCUT2D eigenvalue weighted by Crippen LogP contribution is -2.27. The number of carbonyl (C=O) groups excluding carboxylic acids is 1. The van der Waals surface area contributed by atoms with Gasteiger partial charge in [-0.3, -0.25) is 9.52 Å². The average molecular weight is 413 g/mol. The molecule has 9 heteroatoms. The molecule has 0 aliphatic heterocycles. The largest absolute Gasteiger partial charge is 0.497 e. The Morgan fingerprint density at radius 2 is 1.81 bits per heavy atom. The van der Waals surface area contributed by atoms with Gasteiger partial charge in [-0.05, 0) is 43.3 Å². The van der Waals surface area contributed by atoms with Crippen molar-refractivity contribution >= 4 is 33.2 Å². The highest BCUT2D eigenvalue weighted by molar-refractivity contribution is 7.92. The molecule has 2 aromatic rings. The Hall–Kier alpha value is -2.45. The van der Waals surface area contributed by atoms with Gasteiger partial charge in [0.1, 0.15) is 11.5 Å². The number of hydrogen-bond donors (Lipinski definition) is 2. The van der Waals surface area contributed by atoms with Crippen LogP contribution in [0.15, 0.2) is 36.4 Å². The van der Waals surface area contributed by atoms with Crippen LogP contribution in [0.1, 0.15) is 28.9 Å². The molecule has 7 nitrogen and oxygen atoms in total. The average Bonchev–Trinajstić information content (AvgIpc) is 2.59. The van der Waals surface area contributed by atoms with Crippen LogP contribution in [0.3, 0.4) is 0 Å². The molecule has 0 saturated carbocycles. The first kappa shape index (κ1) is 20.9. The highest BCUT2D eigenvalue weighted by Gasteiger charge is 2.18. The second kappa shape index (κ2) is 8.49. The number of methoxy groups -OCH3 is 2. The number of benzene rings is 2. The molecule has 0 aliphatic carbocycles. The maximum atomic E-state index is 12.6. The van der Waals surface area contributed by atoms with Crippen LogP contribution in [-0.4, -0.2) is 34.8 Å². The first-order chi connectivity index (χ1) is 12.6. The van der Waals surface area contributed by atoms with Crippen molar-refractivity contribution in [2.24, 2.45) is 0 Å². The molecule has 0 aliphatic rings. The monoisotopic (exact) mass is 412 g/mol.